The SMILES string of the molecule is CSCCNC(=NCC1(C(=O)N(C)C)CCCC1)NCCc1ccco1. The van der Waals surface area contributed by atoms with E-state index in [1.54, 1.807) is 22.9 Å². The van der Waals surface area contributed by atoms with Crippen LogP contribution in [0.25, 0.3) is 0 Å². The van der Waals surface area contributed by atoms with E-state index >= 15 is 0 Å². The summed E-state index contributed by atoms with van der Waals surface area (Å²) in [4.78, 5) is 19.2. The first kappa shape index (κ1) is 20.7. The topological polar surface area (TPSA) is 69.9 Å². The van der Waals surface area contributed by atoms with E-state index in [0.717, 1.165) is 62.7 Å². The number of guanidine groups is 1. The van der Waals surface area contributed by atoms with E-state index in [1.165, 1.54) is 0 Å². The molecule has 1 heterocycles. The summed E-state index contributed by atoms with van der Waals surface area (Å²) < 4.78 is 5.38. The average molecular weight is 381 g/mol. The number of aliphatic imine (C=N–C) groups is 1. The summed E-state index contributed by atoms with van der Waals surface area (Å²) >= 11 is 1.80. The van der Waals surface area contributed by atoms with Gasteiger partial charge < -0.3 is 20.0 Å². The molecule has 2 N–H and O–H groups in total. The minimum atomic E-state index is -0.335. The summed E-state index contributed by atoms with van der Waals surface area (Å²) in [6, 6.07) is 3.88. The third-order valence-corrected chi connectivity index (χ3v) is 5.42. The Hall–Kier alpha value is -1.63. The predicted molar refractivity (Wildman–Crippen MR) is 109 cm³/mol. The van der Waals surface area contributed by atoms with Gasteiger partial charge in [-0.1, -0.05) is 12.8 Å². The van der Waals surface area contributed by atoms with Crippen molar-refractivity contribution in [1.29, 1.82) is 0 Å². The third-order valence-electron chi connectivity index (χ3n) is 4.80. The van der Waals surface area contributed by atoms with Crippen molar-refractivity contribution in [3.8, 4) is 0 Å². The molecule has 0 radical (unpaired) electrons. The highest BCUT2D eigenvalue weighted by molar-refractivity contribution is 7.98. The van der Waals surface area contributed by atoms with E-state index in [-0.39, 0.29) is 11.3 Å². The van der Waals surface area contributed by atoms with Crippen LogP contribution in [0.3, 0.4) is 0 Å². The lowest BCUT2D eigenvalue weighted by Gasteiger charge is -2.29. The first-order chi connectivity index (χ1) is 12.6. The molecule has 0 atom stereocenters. The molecule has 0 saturated heterocycles. The molecule has 0 spiro atoms. The smallest absolute Gasteiger partial charge is 0.230 e. The first-order valence-corrected chi connectivity index (χ1v) is 10.7. The van der Waals surface area contributed by atoms with E-state index in [1.807, 2.05) is 26.2 Å². The standard InChI is InChI=1S/C19H32N4O2S/c1-23(2)17(24)19(9-4-5-10-19)15-22-18(21-12-14-26-3)20-11-8-16-7-6-13-25-16/h6-7,13H,4-5,8-12,14-15H2,1-3H3,(H2,20,21,22). The number of carbonyl (C=O) groups is 1. The second-order valence-corrected chi connectivity index (χ2v) is 8.01. The summed E-state index contributed by atoms with van der Waals surface area (Å²) in [7, 11) is 3.68. The molecule has 0 aromatic carbocycles. The monoisotopic (exact) mass is 380 g/mol. The number of furan rings is 1. The normalized spacial score (nSPS) is 16.5. The second-order valence-electron chi connectivity index (χ2n) is 7.03. The fourth-order valence-electron chi connectivity index (χ4n) is 3.40. The van der Waals surface area contributed by atoms with Crippen LogP contribution in [0.2, 0.25) is 0 Å². The van der Waals surface area contributed by atoms with Crippen molar-refractivity contribution in [1.82, 2.24) is 15.5 Å². The first-order valence-electron chi connectivity index (χ1n) is 9.33. The maximum Gasteiger partial charge on any atom is 0.230 e. The molecule has 1 saturated carbocycles. The van der Waals surface area contributed by atoms with Crippen LogP contribution in [-0.4, -0.2) is 62.5 Å². The van der Waals surface area contributed by atoms with Crippen LogP contribution >= 0.6 is 11.8 Å². The van der Waals surface area contributed by atoms with Crippen molar-refractivity contribution < 1.29 is 9.21 Å². The van der Waals surface area contributed by atoms with Gasteiger partial charge in [-0.05, 0) is 31.2 Å². The van der Waals surface area contributed by atoms with Crippen LogP contribution in [0.1, 0.15) is 31.4 Å². The summed E-state index contributed by atoms with van der Waals surface area (Å²) in [5.74, 6) is 2.96. The number of amides is 1. The summed E-state index contributed by atoms with van der Waals surface area (Å²) in [5, 5.41) is 6.74. The number of carbonyl (C=O) groups excluding carboxylic acids is 1. The Morgan fingerprint density at radius 1 is 1.31 bits per heavy atom. The van der Waals surface area contributed by atoms with Gasteiger partial charge in [0.25, 0.3) is 0 Å². The molecule has 1 aliphatic rings. The number of nitrogens with one attached hydrogen (secondary N) is 2. The molecular weight excluding hydrogens is 348 g/mol. The van der Waals surface area contributed by atoms with Crippen LogP contribution in [0.4, 0.5) is 0 Å². The van der Waals surface area contributed by atoms with Gasteiger partial charge in [0.05, 0.1) is 18.2 Å². The van der Waals surface area contributed by atoms with Gasteiger partial charge in [-0.2, -0.15) is 11.8 Å². The molecule has 1 aromatic heterocycles. The van der Waals surface area contributed by atoms with E-state index < -0.39 is 0 Å². The predicted octanol–water partition coefficient (Wildman–Crippen LogP) is 2.37. The van der Waals surface area contributed by atoms with Crippen LogP contribution in [0.5, 0.6) is 0 Å². The number of hydrogen-bond donors (Lipinski definition) is 2. The quantitative estimate of drug-likeness (QED) is 0.391. The fraction of sp³-hybridized carbons (Fsp3) is 0.684. The molecule has 0 bridgehead atoms. The van der Waals surface area contributed by atoms with Crippen LogP contribution < -0.4 is 10.6 Å². The van der Waals surface area contributed by atoms with Crippen molar-refractivity contribution in [3.05, 3.63) is 24.2 Å². The molecule has 1 fully saturated rings. The Bertz CT molecular complexity index is 566. The summed E-state index contributed by atoms with van der Waals surface area (Å²) in [5.41, 5.74) is -0.335. The number of hydrogen-bond acceptors (Lipinski definition) is 4. The van der Waals surface area contributed by atoms with Crippen molar-refractivity contribution in [2.45, 2.75) is 32.1 Å². The van der Waals surface area contributed by atoms with Gasteiger partial charge >= 0.3 is 0 Å². The van der Waals surface area contributed by atoms with Crippen molar-refractivity contribution in [2.24, 2.45) is 10.4 Å². The highest BCUT2D eigenvalue weighted by Gasteiger charge is 2.42. The van der Waals surface area contributed by atoms with Crippen LogP contribution in [-0.2, 0) is 11.2 Å². The van der Waals surface area contributed by atoms with E-state index in [4.69, 9.17) is 9.41 Å². The van der Waals surface area contributed by atoms with Gasteiger partial charge in [-0.15, -0.1) is 0 Å². The average Bonchev–Trinajstić information content (AvgIpc) is 3.31. The molecule has 1 aromatic rings. The Morgan fingerprint density at radius 3 is 2.65 bits per heavy atom. The zero-order valence-corrected chi connectivity index (χ0v) is 17.0. The molecule has 26 heavy (non-hydrogen) atoms. The second kappa shape index (κ2) is 10.5. The number of nitrogens with zero attached hydrogens (tertiary/aromatic N) is 2. The van der Waals surface area contributed by atoms with Crippen LogP contribution in [0.15, 0.2) is 27.8 Å². The largest absolute Gasteiger partial charge is 0.469 e. The van der Waals surface area contributed by atoms with E-state index in [2.05, 4.69) is 16.9 Å². The van der Waals surface area contributed by atoms with Gasteiger partial charge in [-0.25, -0.2) is 0 Å². The zero-order valence-electron chi connectivity index (χ0n) is 16.2. The van der Waals surface area contributed by atoms with Crippen molar-refractivity contribution in [3.63, 3.8) is 0 Å². The van der Waals surface area contributed by atoms with Crippen molar-refractivity contribution in [2.75, 3.05) is 45.7 Å². The minimum absolute atomic E-state index is 0.206. The lowest BCUT2D eigenvalue weighted by atomic mass is 9.85. The molecule has 0 unspecified atom stereocenters. The highest BCUT2D eigenvalue weighted by Crippen LogP contribution is 2.39. The molecule has 6 nitrogen and oxygen atoms in total. The third kappa shape index (κ3) is 5.97. The Balaban J connectivity index is 1.98. The van der Waals surface area contributed by atoms with Crippen molar-refractivity contribution >= 4 is 23.6 Å². The maximum absolute atomic E-state index is 12.7. The molecule has 0 aliphatic heterocycles. The molecular formula is C19H32N4O2S. The Labute approximate surface area is 161 Å². The van der Waals surface area contributed by atoms with Gasteiger partial charge in [0, 0.05) is 39.4 Å². The lowest BCUT2D eigenvalue weighted by molar-refractivity contribution is -0.138. The molecule has 2 rings (SSSR count). The van der Waals surface area contributed by atoms with Gasteiger partial charge in [0.1, 0.15) is 5.76 Å². The van der Waals surface area contributed by atoms with E-state index in [0.29, 0.717) is 6.54 Å². The van der Waals surface area contributed by atoms with E-state index in [9.17, 15) is 4.79 Å². The molecule has 1 aliphatic carbocycles. The molecule has 1 amide bonds. The number of rotatable bonds is 9. The molecule has 7 heteroatoms. The zero-order chi connectivity index (χ0) is 18.8. The summed E-state index contributed by atoms with van der Waals surface area (Å²) in [6.45, 7) is 2.13. The Kier molecular flexibility index (Phi) is 8.35. The van der Waals surface area contributed by atoms with Crippen LogP contribution in [0, 0.1) is 5.41 Å². The summed E-state index contributed by atoms with van der Waals surface area (Å²) in [6.07, 6.45) is 8.66. The minimum Gasteiger partial charge on any atom is -0.469 e. The number of thioether (sulfide) groups is 1. The van der Waals surface area contributed by atoms with Gasteiger partial charge in [0.2, 0.25) is 5.91 Å². The fourth-order valence-corrected chi connectivity index (χ4v) is 3.71. The van der Waals surface area contributed by atoms with Gasteiger partial charge in [-0.3, -0.25) is 9.79 Å². The highest BCUT2D eigenvalue weighted by atomic mass is 32.2. The lowest BCUT2D eigenvalue weighted by Crippen LogP contribution is -2.43. The maximum atomic E-state index is 12.7. The Morgan fingerprint density at radius 2 is 2.04 bits per heavy atom. The molecule has 146 valence electrons. The van der Waals surface area contributed by atoms with Gasteiger partial charge in [0.15, 0.2) is 5.96 Å².